The quantitative estimate of drug-likeness (QED) is 0.0995. The van der Waals surface area contributed by atoms with Crippen LogP contribution in [0.1, 0.15) is 131 Å². The molecule has 0 aromatic heterocycles. The Hall–Kier alpha value is -4.00. The maximum absolute atomic E-state index is 11.7. The Morgan fingerprint density at radius 3 is 1.30 bits per heavy atom. The van der Waals surface area contributed by atoms with E-state index < -0.39 is 11.9 Å². The van der Waals surface area contributed by atoms with Gasteiger partial charge < -0.3 is 25.5 Å². The molecular weight excluding hydrogens is 544 g/mol. The van der Waals surface area contributed by atoms with Gasteiger partial charge in [0.05, 0.1) is 0 Å². The molecular formula is C36H46O7. The van der Waals surface area contributed by atoms with Crippen molar-refractivity contribution in [2.75, 3.05) is 0 Å². The molecule has 0 radical (unpaired) electrons. The number of carbonyl (C=O) groups is 2. The number of aromatic carboxylic acids is 2. The molecule has 0 spiro atoms. The molecule has 0 saturated carbocycles. The summed E-state index contributed by atoms with van der Waals surface area (Å²) in [7, 11) is 0. The molecule has 7 nitrogen and oxygen atoms in total. The Morgan fingerprint density at radius 1 is 0.535 bits per heavy atom. The van der Waals surface area contributed by atoms with E-state index in [9.17, 15) is 35.1 Å². The minimum absolute atomic E-state index is 0.0256. The van der Waals surface area contributed by atoms with Crippen LogP contribution in [0, 0.1) is 13.8 Å². The van der Waals surface area contributed by atoms with Crippen LogP contribution >= 0.6 is 0 Å². The number of rotatable bonds is 17. The van der Waals surface area contributed by atoms with Crippen molar-refractivity contribution in [3.05, 3.63) is 86.5 Å². The molecule has 0 saturated heterocycles. The number of phenolic OH excluding ortho intramolecular Hbond substituents is 1. The monoisotopic (exact) mass is 590 g/mol. The van der Waals surface area contributed by atoms with Crippen molar-refractivity contribution in [3.8, 4) is 17.2 Å². The van der Waals surface area contributed by atoms with Gasteiger partial charge in [0.25, 0.3) is 0 Å². The predicted molar refractivity (Wildman–Crippen MR) is 169 cm³/mol. The second-order valence-electron chi connectivity index (χ2n) is 11.8. The summed E-state index contributed by atoms with van der Waals surface area (Å²) in [6.07, 6.45) is 13.2. The largest absolute Gasteiger partial charge is 0.507 e. The van der Waals surface area contributed by atoms with Gasteiger partial charge in [0.15, 0.2) is 0 Å². The number of carboxylic acids is 2. The molecule has 43 heavy (non-hydrogen) atoms. The van der Waals surface area contributed by atoms with Crippen molar-refractivity contribution in [3.63, 3.8) is 0 Å². The molecule has 3 rings (SSSR count). The third-order valence-electron chi connectivity index (χ3n) is 8.04. The fraction of sp³-hybridized carbons (Fsp3) is 0.444. The lowest BCUT2D eigenvalue weighted by molar-refractivity contribution is 0.0682. The van der Waals surface area contributed by atoms with E-state index in [1.165, 1.54) is 57.1 Å². The minimum Gasteiger partial charge on any atom is -0.507 e. The highest BCUT2D eigenvalue weighted by atomic mass is 16.4. The summed E-state index contributed by atoms with van der Waals surface area (Å²) in [5, 5.41) is 51.9. The molecule has 5 N–H and O–H groups in total. The van der Waals surface area contributed by atoms with Gasteiger partial charge in [0, 0.05) is 12.8 Å². The number of phenols is 3. The molecule has 0 aliphatic carbocycles. The van der Waals surface area contributed by atoms with E-state index in [-0.39, 0.29) is 41.2 Å². The zero-order valence-electron chi connectivity index (χ0n) is 25.7. The highest BCUT2D eigenvalue weighted by Gasteiger charge is 2.20. The van der Waals surface area contributed by atoms with Gasteiger partial charge in [-0.3, -0.25) is 0 Å². The highest BCUT2D eigenvalue weighted by Crippen LogP contribution is 2.35. The van der Waals surface area contributed by atoms with E-state index in [0.29, 0.717) is 33.4 Å². The molecule has 0 fully saturated rings. The fourth-order valence-electron chi connectivity index (χ4n) is 5.78. The van der Waals surface area contributed by atoms with Crippen molar-refractivity contribution < 1.29 is 35.1 Å². The van der Waals surface area contributed by atoms with Crippen LogP contribution in [0.5, 0.6) is 17.2 Å². The standard InChI is InChI=1S/C36H46O7/c1-4-5-6-7-8-9-10-11-12-13-14-25-19-28(21-26-15-23(2)17-30(33(26)38)35(40)41)32(37)29(20-25)22-27-16-24(3)18-31(34(27)39)36(42)43/h15-20,37-39H,4-14,21-22H2,1-3H3,(H,40,41)(H,42,43). The van der Waals surface area contributed by atoms with Gasteiger partial charge in [0.1, 0.15) is 28.4 Å². The topological polar surface area (TPSA) is 135 Å². The summed E-state index contributed by atoms with van der Waals surface area (Å²) < 4.78 is 0. The predicted octanol–water partition coefficient (Wildman–Crippen LogP) is 8.46. The number of unbranched alkanes of at least 4 members (excludes halogenated alkanes) is 9. The van der Waals surface area contributed by atoms with Crippen LogP contribution in [0.25, 0.3) is 0 Å². The number of carboxylic acid groups (broad SMARTS) is 2. The molecule has 0 heterocycles. The first-order chi connectivity index (χ1) is 20.5. The average molecular weight is 591 g/mol. The maximum atomic E-state index is 11.7. The number of hydrogen-bond acceptors (Lipinski definition) is 5. The smallest absolute Gasteiger partial charge is 0.339 e. The number of aryl methyl sites for hydroxylation is 3. The lowest BCUT2D eigenvalue weighted by Crippen LogP contribution is -2.04. The van der Waals surface area contributed by atoms with Crippen molar-refractivity contribution in [1.82, 2.24) is 0 Å². The van der Waals surface area contributed by atoms with E-state index in [2.05, 4.69) is 6.92 Å². The Kier molecular flexibility index (Phi) is 12.5. The molecule has 3 aromatic rings. The summed E-state index contributed by atoms with van der Waals surface area (Å²) in [4.78, 5) is 23.4. The van der Waals surface area contributed by atoms with Crippen LogP contribution < -0.4 is 0 Å². The molecule has 0 aliphatic rings. The Bertz CT molecular complexity index is 1330. The summed E-state index contributed by atoms with van der Waals surface area (Å²) in [6.45, 7) is 5.73. The zero-order chi connectivity index (χ0) is 31.5. The second kappa shape index (κ2) is 16.0. The van der Waals surface area contributed by atoms with E-state index in [0.717, 1.165) is 31.2 Å². The molecule has 3 aromatic carbocycles. The Labute approximate surface area is 254 Å². The lowest BCUT2D eigenvalue weighted by Gasteiger charge is -2.16. The van der Waals surface area contributed by atoms with Crippen LogP contribution in [-0.2, 0) is 19.3 Å². The van der Waals surface area contributed by atoms with Crippen LogP contribution in [-0.4, -0.2) is 37.5 Å². The van der Waals surface area contributed by atoms with Crippen LogP contribution in [0.15, 0.2) is 36.4 Å². The molecule has 0 aliphatic heterocycles. The molecule has 0 bridgehead atoms. The van der Waals surface area contributed by atoms with Gasteiger partial charge in [0.2, 0.25) is 0 Å². The first-order valence-electron chi connectivity index (χ1n) is 15.5. The molecule has 0 atom stereocenters. The number of benzene rings is 3. The third-order valence-corrected chi connectivity index (χ3v) is 8.04. The van der Waals surface area contributed by atoms with Gasteiger partial charge in [-0.15, -0.1) is 0 Å². The van der Waals surface area contributed by atoms with Gasteiger partial charge in [-0.2, -0.15) is 0 Å². The van der Waals surface area contributed by atoms with Crippen molar-refractivity contribution in [2.45, 2.75) is 104 Å². The summed E-state index contributed by atoms with van der Waals surface area (Å²) in [5.41, 5.74) is 3.80. The maximum Gasteiger partial charge on any atom is 0.339 e. The third kappa shape index (κ3) is 9.50. The Balaban J connectivity index is 1.86. The number of hydrogen-bond donors (Lipinski definition) is 5. The number of aromatic hydroxyl groups is 3. The first-order valence-corrected chi connectivity index (χ1v) is 15.5. The average Bonchev–Trinajstić information content (AvgIpc) is 2.95. The summed E-state index contributed by atoms with van der Waals surface area (Å²) >= 11 is 0. The molecule has 232 valence electrons. The van der Waals surface area contributed by atoms with Crippen molar-refractivity contribution >= 4 is 11.9 Å². The SMILES string of the molecule is CCCCCCCCCCCCc1cc(Cc2cc(C)cc(C(=O)O)c2O)c(O)c(Cc2cc(C)cc(C(=O)O)c2O)c1. The van der Waals surface area contributed by atoms with E-state index in [4.69, 9.17) is 0 Å². The van der Waals surface area contributed by atoms with Crippen LogP contribution in [0.2, 0.25) is 0 Å². The fourth-order valence-corrected chi connectivity index (χ4v) is 5.78. The minimum atomic E-state index is -1.23. The van der Waals surface area contributed by atoms with Gasteiger partial charge >= 0.3 is 11.9 Å². The van der Waals surface area contributed by atoms with Gasteiger partial charge in [-0.25, -0.2) is 9.59 Å². The summed E-state index contributed by atoms with van der Waals surface area (Å²) in [5.74, 6) is -3.15. The van der Waals surface area contributed by atoms with E-state index in [1.54, 1.807) is 26.0 Å². The van der Waals surface area contributed by atoms with Gasteiger partial charge in [-0.1, -0.05) is 89.0 Å². The highest BCUT2D eigenvalue weighted by molar-refractivity contribution is 5.92. The van der Waals surface area contributed by atoms with Crippen molar-refractivity contribution in [2.24, 2.45) is 0 Å². The molecule has 0 unspecified atom stereocenters. The normalized spacial score (nSPS) is 11.1. The van der Waals surface area contributed by atoms with E-state index in [1.807, 2.05) is 12.1 Å². The summed E-state index contributed by atoms with van der Waals surface area (Å²) in [6, 6.07) is 10.0. The second-order valence-corrected chi connectivity index (χ2v) is 11.8. The molecule has 7 heteroatoms. The molecule has 0 amide bonds. The zero-order valence-corrected chi connectivity index (χ0v) is 25.7. The van der Waals surface area contributed by atoms with Crippen LogP contribution in [0.3, 0.4) is 0 Å². The van der Waals surface area contributed by atoms with E-state index >= 15 is 0 Å². The first kappa shape index (κ1) is 33.5. The van der Waals surface area contributed by atoms with Gasteiger partial charge in [-0.05, 0) is 77.8 Å². The van der Waals surface area contributed by atoms with Crippen molar-refractivity contribution in [1.29, 1.82) is 0 Å². The lowest BCUT2D eigenvalue weighted by atomic mass is 9.91. The Morgan fingerprint density at radius 2 is 0.907 bits per heavy atom. The van der Waals surface area contributed by atoms with Crippen LogP contribution in [0.4, 0.5) is 0 Å².